The van der Waals surface area contributed by atoms with E-state index in [9.17, 15) is 18.4 Å². The Balaban J connectivity index is 4.95. The summed E-state index contributed by atoms with van der Waals surface area (Å²) in [6.07, 6.45) is -2.22. The molecule has 6 heteroatoms. The van der Waals surface area contributed by atoms with Crippen molar-refractivity contribution in [3.8, 4) is 0 Å². The van der Waals surface area contributed by atoms with E-state index in [1.165, 1.54) is 6.92 Å². The highest BCUT2D eigenvalue weighted by atomic mass is 19.3. The van der Waals surface area contributed by atoms with E-state index in [0.717, 1.165) is 0 Å². The summed E-state index contributed by atoms with van der Waals surface area (Å²) in [5, 5.41) is 8.41. The summed E-state index contributed by atoms with van der Waals surface area (Å²) in [7, 11) is 0. The van der Waals surface area contributed by atoms with Crippen LogP contribution < -0.4 is 0 Å². The fourth-order valence-electron chi connectivity index (χ4n) is 1.07. The van der Waals surface area contributed by atoms with E-state index >= 15 is 0 Å². The van der Waals surface area contributed by atoms with Gasteiger partial charge in [0.25, 0.3) is 0 Å². The number of carboxylic acid groups (broad SMARTS) is 1. The van der Waals surface area contributed by atoms with Crippen LogP contribution in [0.15, 0.2) is 12.2 Å². The van der Waals surface area contributed by atoms with Crippen molar-refractivity contribution in [2.75, 3.05) is 0 Å². The predicted octanol–water partition coefficient (Wildman–Crippen LogP) is 2.24. The van der Waals surface area contributed by atoms with Gasteiger partial charge in [0, 0.05) is 5.57 Å². The molecule has 0 radical (unpaired) electrons. The molecule has 0 heterocycles. The molecule has 17 heavy (non-hydrogen) atoms. The number of hydrogen-bond donors (Lipinski definition) is 1. The molecule has 0 rings (SSSR count). The van der Waals surface area contributed by atoms with Crippen LogP contribution in [0.3, 0.4) is 0 Å². The van der Waals surface area contributed by atoms with E-state index in [1.54, 1.807) is 13.8 Å². The smallest absolute Gasteiger partial charge is 0.378 e. The highest BCUT2D eigenvalue weighted by Gasteiger charge is 2.50. The van der Waals surface area contributed by atoms with E-state index in [-0.39, 0.29) is 17.9 Å². The zero-order chi connectivity index (χ0) is 13.8. The quantitative estimate of drug-likeness (QED) is 0.580. The maximum Gasteiger partial charge on any atom is 0.378 e. The van der Waals surface area contributed by atoms with Crippen molar-refractivity contribution in [1.82, 2.24) is 0 Å². The first-order valence-corrected chi connectivity index (χ1v) is 5.06. The lowest BCUT2D eigenvalue weighted by Crippen LogP contribution is -2.45. The number of carbonyl (C=O) groups is 2. The van der Waals surface area contributed by atoms with Crippen LogP contribution in [0.1, 0.15) is 27.2 Å². The van der Waals surface area contributed by atoms with Crippen molar-refractivity contribution < 1.29 is 28.2 Å². The number of esters is 1. The van der Waals surface area contributed by atoms with Gasteiger partial charge in [-0.05, 0) is 19.3 Å². The number of carbonyl (C=O) groups excluding carboxylic acids is 1. The Labute approximate surface area is 98.3 Å². The minimum atomic E-state index is -4.10. The summed E-state index contributed by atoms with van der Waals surface area (Å²) in [5.41, 5.74) is -0.0556. The zero-order valence-corrected chi connectivity index (χ0v) is 10.00. The molecule has 0 aliphatic heterocycles. The number of aliphatic carboxylic acids is 1. The number of alkyl halides is 2. The van der Waals surface area contributed by atoms with Gasteiger partial charge in [-0.2, -0.15) is 8.78 Å². The van der Waals surface area contributed by atoms with Crippen LogP contribution in [-0.2, 0) is 14.3 Å². The summed E-state index contributed by atoms with van der Waals surface area (Å²) in [4.78, 5) is 21.6. The Morgan fingerprint density at radius 3 is 2.18 bits per heavy atom. The third-order valence-electron chi connectivity index (χ3n) is 1.97. The molecule has 0 aliphatic carbocycles. The van der Waals surface area contributed by atoms with Gasteiger partial charge in [0.15, 0.2) is 6.10 Å². The van der Waals surface area contributed by atoms with Gasteiger partial charge >= 0.3 is 17.9 Å². The lowest BCUT2D eigenvalue weighted by atomic mass is 10.0. The Bertz CT molecular complexity index is 323. The number of rotatable bonds is 6. The summed E-state index contributed by atoms with van der Waals surface area (Å²) in [6, 6.07) is 0. The van der Waals surface area contributed by atoms with Gasteiger partial charge in [-0.15, -0.1) is 0 Å². The zero-order valence-electron chi connectivity index (χ0n) is 10.00. The largest absolute Gasteiger partial charge is 0.477 e. The first kappa shape index (κ1) is 15.5. The fraction of sp³-hybridized carbons (Fsp3) is 0.636. The number of carboxylic acids is 1. The van der Waals surface area contributed by atoms with Gasteiger partial charge in [-0.25, -0.2) is 9.59 Å². The maximum atomic E-state index is 13.3. The molecule has 0 aromatic heterocycles. The average Bonchev–Trinajstić information content (AvgIpc) is 2.15. The normalized spacial score (nSPS) is 13.3. The van der Waals surface area contributed by atoms with Crippen molar-refractivity contribution in [3.05, 3.63) is 12.2 Å². The molecule has 0 aliphatic rings. The minimum absolute atomic E-state index is 0.0556. The van der Waals surface area contributed by atoms with Crippen LogP contribution in [-0.4, -0.2) is 29.1 Å². The van der Waals surface area contributed by atoms with Gasteiger partial charge in [0.05, 0.1) is 0 Å². The topological polar surface area (TPSA) is 63.6 Å². The molecule has 4 nitrogen and oxygen atoms in total. The molecule has 0 saturated carbocycles. The Morgan fingerprint density at radius 1 is 1.41 bits per heavy atom. The van der Waals surface area contributed by atoms with E-state index < -0.39 is 24.0 Å². The van der Waals surface area contributed by atoms with E-state index in [1.807, 2.05) is 0 Å². The van der Waals surface area contributed by atoms with Crippen LogP contribution >= 0.6 is 0 Å². The summed E-state index contributed by atoms with van der Waals surface area (Å²) in [6.45, 7) is 7.80. The number of hydrogen-bond acceptors (Lipinski definition) is 3. The van der Waals surface area contributed by atoms with Gasteiger partial charge in [0.1, 0.15) is 0 Å². The van der Waals surface area contributed by atoms with Gasteiger partial charge in [0.2, 0.25) is 0 Å². The summed E-state index contributed by atoms with van der Waals surface area (Å²) in [5.74, 6) is -7.66. The van der Waals surface area contributed by atoms with Crippen molar-refractivity contribution >= 4 is 11.9 Å². The van der Waals surface area contributed by atoms with Crippen molar-refractivity contribution in [2.24, 2.45) is 5.92 Å². The monoisotopic (exact) mass is 250 g/mol. The number of ether oxygens (including phenoxy) is 1. The molecular weight excluding hydrogens is 234 g/mol. The average molecular weight is 250 g/mol. The number of halogens is 2. The van der Waals surface area contributed by atoms with Gasteiger partial charge < -0.3 is 9.84 Å². The van der Waals surface area contributed by atoms with Crippen LogP contribution in [0.2, 0.25) is 0 Å². The Hall–Kier alpha value is -1.46. The molecule has 0 spiro atoms. The third-order valence-corrected chi connectivity index (χ3v) is 1.97. The molecule has 98 valence electrons. The first-order valence-electron chi connectivity index (χ1n) is 5.06. The first-order chi connectivity index (χ1) is 7.59. The highest BCUT2D eigenvalue weighted by molar-refractivity contribution is 5.87. The van der Waals surface area contributed by atoms with Crippen LogP contribution in [0.4, 0.5) is 8.78 Å². The van der Waals surface area contributed by atoms with Crippen molar-refractivity contribution in [2.45, 2.75) is 39.2 Å². The minimum Gasteiger partial charge on any atom is -0.477 e. The van der Waals surface area contributed by atoms with Crippen LogP contribution in [0.5, 0.6) is 0 Å². The van der Waals surface area contributed by atoms with Gasteiger partial charge in [-0.1, -0.05) is 20.4 Å². The molecule has 1 N–H and O–H groups in total. The van der Waals surface area contributed by atoms with Crippen molar-refractivity contribution in [1.29, 1.82) is 0 Å². The predicted molar refractivity (Wildman–Crippen MR) is 56.7 cm³/mol. The molecule has 1 unspecified atom stereocenters. The Kier molecular flexibility index (Phi) is 5.25. The maximum absolute atomic E-state index is 13.3. The molecular formula is C11H16F2O4. The Morgan fingerprint density at radius 2 is 1.88 bits per heavy atom. The van der Waals surface area contributed by atoms with Gasteiger partial charge in [-0.3, -0.25) is 0 Å². The van der Waals surface area contributed by atoms with Crippen molar-refractivity contribution in [3.63, 3.8) is 0 Å². The lowest BCUT2D eigenvalue weighted by molar-refractivity contribution is -0.193. The summed E-state index contributed by atoms with van der Waals surface area (Å²) < 4.78 is 31.1. The second-order valence-electron chi connectivity index (χ2n) is 4.23. The highest BCUT2D eigenvalue weighted by Crippen LogP contribution is 2.27. The van der Waals surface area contributed by atoms with Crippen LogP contribution in [0, 0.1) is 5.92 Å². The molecule has 0 aromatic rings. The SMILES string of the molecule is C=C(C)C(=O)OC(CC(C)C)C(F)(F)C(=O)O. The van der Waals surface area contributed by atoms with E-state index in [4.69, 9.17) is 5.11 Å². The van der Waals surface area contributed by atoms with E-state index in [2.05, 4.69) is 11.3 Å². The molecule has 0 amide bonds. The molecule has 0 aromatic carbocycles. The van der Waals surface area contributed by atoms with Crippen LogP contribution in [0.25, 0.3) is 0 Å². The molecule has 0 fully saturated rings. The second-order valence-corrected chi connectivity index (χ2v) is 4.23. The van der Waals surface area contributed by atoms with E-state index in [0.29, 0.717) is 0 Å². The molecule has 0 saturated heterocycles. The molecule has 1 atom stereocenters. The standard InChI is InChI=1S/C11H16F2O4/c1-6(2)5-8(11(12,13)10(15)16)17-9(14)7(3)4/h6,8H,3,5H2,1-2,4H3,(H,15,16). The fourth-order valence-corrected chi connectivity index (χ4v) is 1.07. The lowest BCUT2D eigenvalue weighted by Gasteiger charge is -2.24. The second kappa shape index (κ2) is 5.75. The summed E-state index contributed by atoms with van der Waals surface area (Å²) >= 11 is 0. The third kappa shape index (κ3) is 4.50. The molecule has 0 bridgehead atoms.